The van der Waals surface area contributed by atoms with Crippen molar-refractivity contribution in [2.45, 2.75) is 39.0 Å². The molecule has 0 amide bonds. The summed E-state index contributed by atoms with van der Waals surface area (Å²) in [6.07, 6.45) is 6.84. The third-order valence-corrected chi connectivity index (χ3v) is 3.87. The molecule has 1 aliphatic rings. The molecular weight excluding hydrogens is 180 g/mol. The van der Waals surface area contributed by atoms with Gasteiger partial charge in [-0.15, -0.1) is 11.3 Å². The van der Waals surface area contributed by atoms with E-state index >= 15 is 0 Å². The van der Waals surface area contributed by atoms with E-state index in [1.54, 1.807) is 11.3 Å². The first kappa shape index (κ1) is 9.00. The fourth-order valence-corrected chi connectivity index (χ4v) is 3.06. The lowest BCUT2D eigenvalue weighted by atomic mass is 10.0. The SMILES string of the molecule is Cc1nc(N)sc1CC1CCCC1. The van der Waals surface area contributed by atoms with Gasteiger partial charge < -0.3 is 5.73 Å². The van der Waals surface area contributed by atoms with Gasteiger partial charge in [-0.25, -0.2) is 4.98 Å². The van der Waals surface area contributed by atoms with E-state index in [1.807, 2.05) is 0 Å². The number of thiazole rings is 1. The molecule has 0 aliphatic heterocycles. The van der Waals surface area contributed by atoms with Gasteiger partial charge in [-0.2, -0.15) is 0 Å². The van der Waals surface area contributed by atoms with Gasteiger partial charge in [-0.3, -0.25) is 0 Å². The molecule has 0 bridgehead atoms. The second-order valence-corrected chi connectivity index (χ2v) is 5.03. The molecule has 0 saturated heterocycles. The standard InChI is InChI=1S/C10H16N2S/c1-7-9(13-10(11)12-7)6-8-4-2-3-5-8/h8H,2-6H2,1H3,(H2,11,12). The number of rotatable bonds is 2. The maximum absolute atomic E-state index is 5.66. The van der Waals surface area contributed by atoms with Crippen LogP contribution < -0.4 is 5.73 Å². The van der Waals surface area contributed by atoms with Gasteiger partial charge in [0.2, 0.25) is 0 Å². The van der Waals surface area contributed by atoms with Gasteiger partial charge in [0, 0.05) is 4.88 Å². The van der Waals surface area contributed by atoms with Crippen LogP contribution >= 0.6 is 11.3 Å². The maximum atomic E-state index is 5.66. The minimum absolute atomic E-state index is 0.727. The average Bonchev–Trinajstić information content (AvgIpc) is 2.63. The van der Waals surface area contributed by atoms with Crippen molar-refractivity contribution in [1.29, 1.82) is 0 Å². The smallest absolute Gasteiger partial charge is 0.180 e. The Morgan fingerprint density at radius 2 is 2.15 bits per heavy atom. The van der Waals surface area contributed by atoms with Crippen molar-refractivity contribution in [3.8, 4) is 0 Å². The molecule has 0 radical (unpaired) electrons. The fourth-order valence-electron chi connectivity index (χ4n) is 2.12. The number of nitrogens with zero attached hydrogens (tertiary/aromatic N) is 1. The molecule has 0 unspecified atom stereocenters. The Hall–Kier alpha value is -0.570. The zero-order valence-corrected chi connectivity index (χ0v) is 8.86. The lowest BCUT2D eigenvalue weighted by Gasteiger charge is -2.06. The molecule has 13 heavy (non-hydrogen) atoms. The normalized spacial score (nSPS) is 18.2. The zero-order valence-electron chi connectivity index (χ0n) is 8.05. The summed E-state index contributed by atoms with van der Waals surface area (Å²) in [4.78, 5) is 5.66. The Labute approximate surface area is 83.2 Å². The van der Waals surface area contributed by atoms with E-state index in [4.69, 9.17) is 5.73 Å². The summed E-state index contributed by atoms with van der Waals surface area (Å²) in [5, 5.41) is 0.727. The Kier molecular flexibility index (Phi) is 2.54. The summed E-state index contributed by atoms with van der Waals surface area (Å²) in [6.45, 7) is 2.07. The topological polar surface area (TPSA) is 38.9 Å². The molecule has 2 N–H and O–H groups in total. The lowest BCUT2D eigenvalue weighted by Crippen LogP contribution is -1.97. The van der Waals surface area contributed by atoms with Crippen molar-refractivity contribution in [3.05, 3.63) is 10.6 Å². The molecule has 1 fully saturated rings. The first-order valence-electron chi connectivity index (χ1n) is 4.97. The van der Waals surface area contributed by atoms with Gasteiger partial charge in [0.1, 0.15) is 0 Å². The number of aryl methyl sites for hydroxylation is 1. The minimum Gasteiger partial charge on any atom is -0.375 e. The maximum Gasteiger partial charge on any atom is 0.180 e. The molecular formula is C10H16N2S. The molecule has 0 atom stereocenters. The Bertz CT molecular complexity index is 287. The molecule has 0 spiro atoms. The van der Waals surface area contributed by atoms with Crippen LogP contribution in [0.4, 0.5) is 5.13 Å². The molecule has 2 nitrogen and oxygen atoms in total. The minimum atomic E-state index is 0.727. The highest BCUT2D eigenvalue weighted by Gasteiger charge is 2.17. The van der Waals surface area contributed by atoms with Crippen molar-refractivity contribution in [1.82, 2.24) is 4.98 Å². The van der Waals surface area contributed by atoms with E-state index in [-0.39, 0.29) is 0 Å². The van der Waals surface area contributed by atoms with E-state index in [0.29, 0.717) is 0 Å². The van der Waals surface area contributed by atoms with Crippen LogP contribution in [-0.4, -0.2) is 4.98 Å². The van der Waals surface area contributed by atoms with Gasteiger partial charge in [0.05, 0.1) is 5.69 Å². The highest BCUT2D eigenvalue weighted by atomic mass is 32.1. The molecule has 1 aliphatic carbocycles. The monoisotopic (exact) mass is 196 g/mol. The van der Waals surface area contributed by atoms with Gasteiger partial charge >= 0.3 is 0 Å². The van der Waals surface area contributed by atoms with E-state index in [9.17, 15) is 0 Å². The molecule has 3 heteroatoms. The van der Waals surface area contributed by atoms with Crippen molar-refractivity contribution in [2.24, 2.45) is 5.92 Å². The summed E-state index contributed by atoms with van der Waals surface area (Å²) in [5.41, 5.74) is 6.81. The van der Waals surface area contributed by atoms with Gasteiger partial charge in [-0.1, -0.05) is 25.7 Å². The van der Waals surface area contributed by atoms with Crippen LogP contribution in [0.5, 0.6) is 0 Å². The van der Waals surface area contributed by atoms with Crippen LogP contribution in [0.2, 0.25) is 0 Å². The third kappa shape index (κ3) is 2.02. The van der Waals surface area contributed by atoms with Crippen molar-refractivity contribution < 1.29 is 0 Å². The number of nitrogen functional groups attached to an aromatic ring is 1. The molecule has 1 saturated carbocycles. The quantitative estimate of drug-likeness (QED) is 0.790. The molecule has 0 aromatic carbocycles. The first-order chi connectivity index (χ1) is 6.25. The highest BCUT2D eigenvalue weighted by Crippen LogP contribution is 2.31. The summed E-state index contributed by atoms with van der Waals surface area (Å²) in [6, 6.07) is 0. The molecule has 1 heterocycles. The predicted octanol–water partition coefficient (Wildman–Crippen LogP) is 2.77. The lowest BCUT2D eigenvalue weighted by molar-refractivity contribution is 0.549. The fraction of sp³-hybridized carbons (Fsp3) is 0.700. The second-order valence-electron chi connectivity index (χ2n) is 3.92. The number of aromatic nitrogens is 1. The number of hydrogen-bond acceptors (Lipinski definition) is 3. The predicted molar refractivity (Wildman–Crippen MR) is 56.9 cm³/mol. The van der Waals surface area contributed by atoms with Crippen LogP contribution in [0, 0.1) is 12.8 Å². The van der Waals surface area contributed by atoms with Crippen LogP contribution in [0.1, 0.15) is 36.3 Å². The first-order valence-corrected chi connectivity index (χ1v) is 5.79. The molecule has 72 valence electrons. The van der Waals surface area contributed by atoms with E-state index in [2.05, 4.69) is 11.9 Å². The third-order valence-electron chi connectivity index (χ3n) is 2.86. The van der Waals surface area contributed by atoms with Gasteiger partial charge in [0.25, 0.3) is 0 Å². The van der Waals surface area contributed by atoms with E-state index < -0.39 is 0 Å². The van der Waals surface area contributed by atoms with Crippen molar-refractivity contribution in [2.75, 3.05) is 5.73 Å². The Balaban J connectivity index is 2.03. The summed E-state index contributed by atoms with van der Waals surface area (Å²) < 4.78 is 0. The molecule has 1 aromatic rings. The zero-order chi connectivity index (χ0) is 9.26. The number of nitrogens with two attached hydrogens (primary N) is 1. The summed E-state index contributed by atoms with van der Waals surface area (Å²) in [5.74, 6) is 0.901. The molecule has 2 rings (SSSR count). The van der Waals surface area contributed by atoms with Crippen LogP contribution in [-0.2, 0) is 6.42 Å². The summed E-state index contributed by atoms with van der Waals surface area (Å²) >= 11 is 1.67. The van der Waals surface area contributed by atoms with Crippen LogP contribution in [0.25, 0.3) is 0 Å². The largest absolute Gasteiger partial charge is 0.375 e. The molecule has 1 aromatic heterocycles. The second kappa shape index (κ2) is 3.66. The highest BCUT2D eigenvalue weighted by molar-refractivity contribution is 7.15. The average molecular weight is 196 g/mol. The number of hydrogen-bond donors (Lipinski definition) is 1. The summed E-state index contributed by atoms with van der Waals surface area (Å²) in [7, 11) is 0. The van der Waals surface area contributed by atoms with Crippen LogP contribution in [0.15, 0.2) is 0 Å². The van der Waals surface area contributed by atoms with E-state index in [1.165, 1.54) is 37.0 Å². The number of anilines is 1. The van der Waals surface area contributed by atoms with Gasteiger partial charge in [0.15, 0.2) is 5.13 Å². The Morgan fingerprint density at radius 1 is 1.46 bits per heavy atom. The van der Waals surface area contributed by atoms with Gasteiger partial charge in [-0.05, 0) is 19.3 Å². The van der Waals surface area contributed by atoms with E-state index in [0.717, 1.165) is 16.7 Å². The Morgan fingerprint density at radius 3 is 2.69 bits per heavy atom. The van der Waals surface area contributed by atoms with Crippen LogP contribution in [0.3, 0.4) is 0 Å². The van der Waals surface area contributed by atoms with Crippen molar-refractivity contribution >= 4 is 16.5 Å². The van der Waals surface area contributed by atoms with Crippen molar-refractivity contribution in [3.63, 3.8) is 0 Å².